The van der Waals surface area contributed by atoms with Gasteiger partial charge in [-0.25, -0.2) is 0 Å². The zero-order chi connectivity index (χ0) is 60.0. The van der Waals surface area contributed by atoms with Gasteiger partial charge < -0.3 is 24.1 Å². The van der Waals surface area contributed by atoms with Gasteiger partial charge >= 0.3 is 11.9 Å². The van der Waals surface area contributed by atoms with E-state index in [-0.39, 0.29) is 99.3 Å². The first kappa shape index (κ1) is 65.6. The molecule has 1 aliphatic heterocycles. The summed E-state index contributed by atoms with van der Waals surface area (Å²) in [6.45, 7) is 20.6. The average Bonchev–Trinajstić information content (AvgIpc) is 4.02. The molecule has 436 valence electrons. The molecule has 2 aromatic rings. The van der Waals surface area contributed by atoms with Gasteiger partial charge in [0.2, 0.25) is 0 Å². The summed E-state index contributed by atoms with van der Waals surface area (Å²) in [7, 11) is 4.82. The minimum Gasteiger partial charge on any atom is -0.462 e. The summed E-state index contributed by atoms with van der Waals surface area (Å²) < 4.78 is 50.4. The molecule has 1 saturated heterocycles. The molecule has 1 heterocycles. The predicted molar refractivity (Wildman–Crippen MR) is 322 cm³/mol. The van der Waals surface area contributed by atoms with Gasteiger partial charge in [-0.15, -0.1) is 0 Å². The van der Waals surface area contributed by atoms with E-state index in [9.17, 15) is 38.2 Å². The fourth-order valence-electron chi connectivity index (χ4n) is 17.0. The number of esters is 2. The van der Waals surface area contributed by atoms with Crippen LogP contribution in [0.1, 0.15) is 164 Å². The highest BCUT2D eigenvalue weighted by Gasteiger charge is 2.73. The van der Waals surface area contributed by atoms with Crippen LogP contribution in [0, 0.1) is 68.0 Å². The van der Waals surface area contributed by atoms with Gasteiger partial charge in [0.05, 0.1) is 26.6 Å². The van der Waals surface area contributed by atoms with Gasteiger partial charge in [-0.3, -0.25) is 28.0 Å². The van der Waals surface area contributed by atoms with E-state index in [4.69, 9.17) is 16.6 Å². The predicted octanol–water partition coefficient (Wildman–Crippen LogP) is 11.5. The van der Waals surface area contributed by atoms with E-state index >= 15 is 0 Å². The molecule has 4 bridgehead atoms. The monoisotopic (exact) mass is 1190 g/mol. The second-order valence-corrected chi connectivity index (χ2v) is 32.6. The molecule has 0 spiro atoms. The Balaban J connectivity index is 0.000000357. The number of aliphatic hydroxyl groups is 2. The standard InChI is InChI=1S/C34H44O4Si.C22H36O5.2CH3F.2CH4.S5/c1-6-32(4)21-29-33(5)25(17-19-34(20-18-28(36)30(33)34)23(2)31(32)37-24(3)35)22-39(38-29,26-13-9-7-10-14-26)27-15-11-8-12-16-27;1-6-20(4)11-17(26)21(5)15(12-23)7-9-22(10-8-16(25)18(21)22)13(2)19(20)27-14(3)24;2*1-2;;;1-3-5-4-2/h7-16,23,25,29-31H,6,17-22H2,1-5H3;13,15,17-19,23,26H,6-12H2,1-5H3;2*1H3;2*1H4;/t23-,25-,29+,30?,31-,32+,33-,34-;13-,15-,17+,18?,19-,20+,21-,22-;;;;;/m00...../s1/i;;;;2*1D;. The number of Topliss-reactive ketones (excluding diaryl/α,β-unsaturated/α-hetero) is 2. The highest BCUT2D eigenvalue weighted by atomic mass is 33.3. The molecule has 9 nitrogen and oxygen atoms in total. The van der Waals surface area contributed by atoms with E-state index in [0.29, 0.717) is 45.3 Å². The molecule has 17 heteroatoms. The van der Waals surface area contributed by atoms with Crippen LogP contribution in [0.3, 0.4) is 0 Å². The maximum atomic E-state index is 14.0. The maximum absolute atomic E-state index is 14.0. The number of hydrogen-bond donors (Lipinski definition) is 2. The molecule has 0 amide bonds. The number of hydrogen-bond acceptors (Lipinski definition) is 11. The smallest absolute Gasteiger partial charge is 0.302 e. The summed E-state index contributed by atoms with van der Waals surface area (Å²) >= 11 is 8.89. The molecule has 2 unspecified atom stereocenters. The van der Waals surface area contributed by atoms with Crippen molar-refractivity contribution < 1.29 is 54.8 Å². The van der Waals surface area contributed by atoms with Gasteiger partial charge in [0.15, 0.2) is 0 Å². The Labute approximate surface area is 484 Å². The number of rotatable bonds is 7. The number of benzene rings is 2. The topological polar surface area (TPSA) is 136 Å². The van der Waals surface area contributed by atoms with Crippen LogP contribution in [-0.4, -0.2) is 87.4 Å². The molecule has 6 aliphatic carbocycles. The molecule has 7 aliphatic rings. The molecule has 77 heavy (non-hydrogen) atoms. The van der Waals surface area contributed by atoms with Crippen LogP contribution in [0.5, 0.6) is 0 Å². The Morgan fingerprint density at radius 3 is 1.53 bits per heavy atom. The number of halogens is 2. The summed E-state index contributed by atoms with van der Waals surface area (Å²) in [6.07, 6.45) is 8.24. The molecule has 6 saturated carbocycles. The lowest BCUT2D eigenvalue weighted by molar-refractivity contribution is -0.214. The van der Waals surface area contributed by atoms with Crippen molar-refractivity contribution in [1.82, 2.24) is 0 Å². The zero-order valence-corrected chi connectivity index (χ0v) is 53.6. The summed E-state index contributed by atoms with van der Waals surface area (Å²) in [5, 5.41) is 24.2. The number of aliphatic hydroxyl groups excluding tert-OH is 2. The Kier molecular flexibility index (Phi) is 24.0. The second kappa shape index (κ2) is 28.2. The SMILES string of the molecule is CC[C@]1(C)C[C@@H](O)[C@@]2(C)C3C(=O)CC[C@@]3(CC[C@H]2CO)[C@@H](C)[C@@H]1OC(C)=O.CC[C@]1(C)C[C@H]2O[Si](c3ccccc3)(c3ccccc3)C[C@@H]3CC[C@]4(CCC(=O)C4[C@@]32C)[C@@H](C)[C@@H]1OC(C)=O.CF.CF.S=S=S=S=S.[2H]C.[2H]C. The van der Waals surface area contributed by atoms with Crippen molar-refractivity contribution >= 4 is 91.2 Å². The minimum atomic E-state index is -2.62. The number of ketones is 2. The molecule has 2 N–H and O–H groups in total. The van der Waals surface area contributed by atoms with Crippen molar-refractivity contribution in [2.45, 2.75) is 192 Å². The molecule has 7 fully saturated rings. The lowest BCUT2D eigenvalue weighted by atomic mass is 9.43. The number of carbonyl (C=O) groups excluding carboxylic acids is 4. The van der Waals surface area contributed by atoms with Crippen molar-refractivity contribution in [2.75, 3.05) is 21.0 Å². The fraction of sp³-hybridized carbons (Fsp3) is 0.733. The zero-order valence-electron chi connectivity index (χ0n) is 50.5. The Morgan fingerprint density at radius 1 is 0.727 bits per heavy atom. The van der Waals surface area contributed by atoms with Crippen molar-refractivity contribution in [2.24, 2.45) is 68.0 Å². The van der Waals surface area contributed by atoms with E-state index in [1.165, 1.54) is 65.7 Å². The third-order valence-corrected chi connectivity index (χ3v) is 29.8. The molecule has 9 rings (SSSR count). The first-order valence-corrected chi connectivity index (χ1v) is 34.5. The first-order chi connectivity index (χ1) is 37.6. The van der Waals surface area contributed by atoms with E-state index in [0.717, 1.165) is 63.8 Å². The van der Waals surface area contributed by atoms with Crippen molar-refractivity contribution in [3.63, 3.8) is 0 Å². The Hall–Kier alpha value is -2.22. The number of ether oxygens (including phenoxy) is 2. The highest BCUT2D eigenvalue weighted by Crippen LogP contribution is 2.71. The summed E-state index contributed by atoms with van der Waals surface area (Å²) in [5.74, 6) is 0.299. The number of alkyl halides is 2. The van der Waals surface area contributed by atoms with E-state index in [2.05, 4.69) is 132 Å². The van der Waals surface area contributed by atoms with Gasteiger partial charge in [0, 0.05) is 130 Å². The third kappa shape index (κ3) is 12.3. The van der Waals surface area contributed by atoms with Crippen molar-refractivity contribution in [3.05, 3.63) is 60.7 Å². The van der Waals surface area contributed by atoms with Crippen molar-refractivity contribution in [1.29, 1.82) is 0 Å². The Morgan fingerprint density at radius 2 is 1.14 bits per heavy atom. The van der Waals surface area contributed by atoms with Gasteiger partial charge in [0.1, 0.15) is 23.8 Å². The van der Waals surface area contributed by atoms with Crippen LogP contribution in [0.15, 0.2) is 60.7 Å². The van der Waals surface area contributed by atoms with E-state index in [1.807, 2.05) is 6.92 Å². The molecule has 16 atom stereocenters. The Bertz CT molecular complexity index is 2410. The summed E-state index contributed by atoms with van der Waals surface area (Å²) in [6, 6.07) is 22.8. The lowest BCUT2D eigenvalue weighted by Crippen LogP contribution is -2.74. The molecule has 2 aromatic carbocycles. The van der Waals surface area contributed by atoms with E-state index in [1.54, 1.807) is 0 Å². The van der Waals surface area contributed by atoms with Gasteiger partial charge in [-0.1, -0.05) is 131 Å². The maximum Gasteiger partial charge on any atom is 0.302 e. The van der Waals surface area contributed by atoms with Crippen LogP contribution < -0.4 is 10.4 Å². The lowest BCUT2D eigenvalue weighted by Gasteiger charge is -2.67. The summed E-state index contributed by atoms with van der Waals surface area (Å²) in [5.41, 5.74) is -1.87. The molecule has 0 aromatic heterocycles. The van der Waals surface area contributed by atoms with Crippen LogP contribution in [-0.2, 0) is 82.1 Å². The largest absolute Gasteiger partial charge is 0.462 e. The van der Waals surface area contributed by atoms with Crippen LogP contribution in [0.4, 0.5) is 8.78 Å². The fourth-order valence-corrected chi connectivity index (χ4v) is 24.5. The quantitative estimate of drug-likeness (QED) is 0.203. The minimum absolute atomic E-state index is 0.00197. The number of carbonyl (C=O) groups is 4. The molecular weight excluding hydrogens is 1090 g/mol. The molecule has 0 radical (unpaired) electrons. The van der Waals surface area contributed by atoms with Crippen molar-refractivity contribution in [3.8, 4) is 0 Å². The van der Waals surface area contributed by atoms with Crippen LogP contribution >= 0.6 is 0 Å². The van der Waals surface area contributed by atoms with Gasteiger partial charge in [-0.05, 0) is 103 Å². The van der Waals surface area contributed by atoms with Crippen LogP contribution in [0.25, 0.3) is 0 Å². The van der Waals surface area contributed by atoms with E-state index < -0.39 is 19.8 Å². The first-order valence-electron chi connectivity index (χ1n) is 29.1. The molecular formula is C60H94F2O9S5Si. The summed E-state index contributed by atoms with van der Waals surface area (Å²) in [4.78, 5) is 51.5. The van der Waals surface area contributed by atoms with Gasteiger partial charge in [-0.2, -0.15) is 0 Å². The van der Waals surface area contributed by atoms with Crippen LogP contribution in [0.2, 0.25) is 6.04 Å². The second-order valence-electron chi connectivity index (χ2n) is 23.8. The third-order valence-electron chi connectivity index (χ3n) is 21.0. The highest BCUT2D eigenvalue weighted by molar-refractivity contribution is 8.59. The van der Waals surface area contributed by atoms with Gasteiger partial charge in [0.25, 0.3) is 8.32 Å². The average molecular weight is 1190 g/mol. The normalized spacial score (nSPS) is 38.8.